The summed E-state index contributed by atoms with van der Waals surface area (Å²) in [5, 5.41) is 3.72. The first-order valence-corrected chi connectivity index (χ1v) is 9.04. The van der Waals surface area contributed by atoms with Gasteiger partial charge in [0.05, 0.1) is 0 Å². The molecule has 0 amide bonds. The Morgan fingerprint density at radius 2 is 2.09 bits per heavy atom. The lowest BCUT2D eigenvalue weighted by molar-refractivity contribution is 0.0514. The molecule has 1 aromatic rings. The minimum Gasteiger partial charge on any atom is -0.381 e. The highest BCUT2D eigenvalue weighted by atomic mass is 19.1. The van der Waals surface area contributed by atoms with E-state index >= 15 is 0 Å². The number of rotatable bonds is 5. The summed E-state index contributed by atoms with van der Waals surface area (Å²) >= 11 is 0. The van der Waals surface area contributed by atoms with E-state index in [-0.39, 0.29) is 5.82 Å². The second kappa shape index (κ2) is 8.11. The predicted octanol–water partition coefficient (Wildman–Crippen LogP) is 3.51. The van der Waals surface area contributed by atoms with Gasteiger partial charge in [-0.2, -0.15) is 0 Å². The SMILES string of the molecule is Cc1cc(F)ccc1N1CCC(NCCC2CCCOC2)CC1. The summed E-state index contributed by atoms with van der Waals surface area (Å²) in [4.78, 5) is 2.39. The van der Waals surface area contributed by atoms with Crippen LogP contribution in [0.15, 0.2) is 18.2 Å². The van der Waals surface area contributed by atoms with E-state index in [0.717, 1.165) is 57.2 Å². The zero-order valence-electron chi connectivity index (χ0n) is 14.2. The average molecular weight is 320 g/mol. The summed E-state index contributed by atoms with van der Waals surface area (Å²) in [7, 11) is 0. The van der Waals surface area contributed by atoms with Crippen LogP contribution in [-0.4, -0.2) is 38.9 Å². The van der Waals surface area contributed by atoms with Gasteiger partial charge >= 0.3 is 0 Å². The van der Waals surface area contributed by atoms with Crippen molar-refractivity contribution in [2.45, 2.75) is 45.1 Å². The molecule has 0 saturated carbocycles. The highest BCUT2D eigenvalue weighted by Crippen LogP contribution is 2.24. The number of ether oxygens (including phenoxy) is 1. The van der Waals surface area contributed by atoms with Gasteiger partial charge in [-0.3, -0.25) is 0 Å². The molecular formula is C19H29FN2O. The van der Waals surface area contributed by atoms with Gasteiger partial charge in [-0.25, -0.2) is 4.39 Å². The van der Waals surface area contributed by atoms with Crippen molar-refractivity contribution in [3.05, 3.63) is 29.6 Å². The number of benzene rings is 1. The zero-order chi connectivity index (χ0) is 16.1. The summed E-state index contributed by atoms with van der Waals surface area (Å²) < 4.78 is 18.8. The van der Waals surface area contributed by atoms with Crippen molar-refractivity contribution in [1.29, 1.82) is 0 Å². The van der Waals surface area contributed by atoms with Gasteiger partial charge in [-0.1, -0.05) is 0 Å². The lowest BCUT2D eigenvalue weighted by Crippen LogP contribution is -2.43. The molecule has 4 heteroatoms. The molecule has 0 aromatic heterocycles. The predicted molar refractivity (Wildman–Crippen MR) is 92.5 cm³/mol. The number of aryl methyl sites for hydroxylation is 1. The van der Waals surface area contributed by atoms with E-state index in [0.29, 0.717) is 6.04 Å². The Morgan fingerprint density at radius 1 is 1.26 bits per heavy atom. The minimum atomic E-state index is -0.144. The van der Waals surface area contributed by atoms with Crippen LogP contribution >= 0.6 is 0 Å². The number of hydrogen-bond acceptors (Lipinski definition) is 3. The maximum Gasteiger partial charge on any atom is 0.123 e. The molecule has 0 aliphatic carbocycles. The fourth-order valence-electron chi connectivity index (χ4n) is 3.82. The average Bonchev–Trinajstić information content (AvgIpc) is 2.57. The zero-order valence-corrected chi connectivity index (χ0v) is 14.2. The third-order valence-corrected chi connectivity index (χ3v) is 5.23. The first-order valence-electron chi connectivity index (χ1n) is 9.04. The topological polar surface area (TPSA) is 24.5 Å². The van der Waals surface area contributed by atoms with Gasteiger partial charge in [0, 0.05) is 38.0 Å². The third-order valence-electron chi connectivity index (χ3n) is 5.23. The second-order valence-electron chi connectivity index (χ2n) is 7.02. The van der Waals surface area contributed by atoms with E-state index in [1.165, 1.54) is 24.9 Å². The number of piperidine rings is 1. The molecule has 2 fully saturated rings. The van der Waals surface area contributed by atoms with Crippen LogP contribution in [0.25, 0.3) is 0 Å². The summed E-state index contributed by atoms with van der Waals surface area (Å²) in [5.41, 5.74) is 2.22. The molecule has 1 aromatic carbocycles. The Balaban J connectivity index is 1.39. The summed E-state index contributed by atoms with van der Waals surface area (Å²) in [6, 6.07) is 5.74. The molecule has 0 spiro atoms. The van der Waals surface area contributed by atoms with Gasteiger partial charge in [0.2, 0.25) is 0 Å². The molecule has 2 aliphatic rings. The molecule has 128 valence electrons. The molecule has 23 heavy (non-hydrogen) atoms. The molecule has 3 nitrogen and oxygen atoms in total. The molecule has 3 rings (SSSR count). The van der Waals surface area contributed by atoms with E-state index < -0.39 is 0 Å². The highest BCUT2D eigenvalue weighted by molar-refractivity contribution is 5.53. The standard InChI is InChI=1S/C19H29FN2O/c1-15-13-17(20)4-5-19(15)22-10-7-18(8-11-22)21-9-6-16-3-2-12-23-14-16/h4-5,13,16,18,21H,2-3,6-12,14H2,1H3. The molecule has 0 radical (unpaired) electrons. The molecule has 2 saturated heterocycles. The monoisotopic (exact) mass is 320 g/mol. The smallest absolute Gasteiger partial charge is 0.123 e. The maximum absolute atomic E-state index is 13.2. The van der Waals surface area contributed by atoms with Crippen molar-refractivity contribution < 1.29 is 9.13 Å². The van der Waals surface area contributed by atoms with E-state index in [4.69, 9.17) is 4.74 Å². The third kappa shape index (κ3) is 4.67. The van der Waals surface area contributed by atoms with Crippen LogP contribution in [0, 0.1) is 18.7 Å². The number of nitrogens with zero attached hydrogens (tertiary/aromatic N) is 1. The largest absolute Gasteiger partial charge is 0.381 e. The Hall–Kier alpha value is -1.13. The van der Waals surface area contributed by atoms with E-state index in [1.54, 1.807) is 12.1 Å². The fraction of sp³-hybridized carbons (Fsp3) is 0.684. The van der Waals surface area contributed by atoms with Crippen molar-refractivity contribution in [1.82, 2.24) is 5.32 Å². The van der Waals surface area contributed by atoms with Crippen molar-refractivity contribution in [2.75, 3.05) is 37.7 Å². The fourth-order valence-corrected chi connectivity index (χ4v) is 3.82. The molecule has 0 bridgehead atoms. The number of halogens is 1. The number of hydrogen-bond donors (Lipinski definition) is 1. The normalized spacial score (nSPS) is 23.2. The van der Waals surface area contributed by atoms with Crippen LogP contribution < -0.4 is 10.2 Å². The van der Waals surface area contributed by atoms with Crippen LogP contribution in [0.5, 0.6) is 0 Å². The molecule has 2 heterocycles. The molecular weight excluding hydrogens is 291 g/mol. The van der Waals surface area contributed by atoms with Gasteiger partial charge in [-0.05, 0) is 75.3 Å². The Morgan fingerprint density at radius 3 is 2.78 bits per heavy atom. The van der Waals surface area contributed by atoms with Crippen LogP contribution in [0.4, 0.5) is 10.1 Å². The maximum atomic E-state index is 13.2. The summed E-state index contributed by atoms with van der Waals surface area (Å²) in [6.45, 7) is 7.10. The van der Waals surface area contributed by atoms with Crippen molar-refractivity contribution in [3.63, 3.8) is 0 Å². The second-order valence-corrected chi connectivity index (χ2v) is 7.02. The van der Waals surface area contributed by atoms with E-state index in [9.17, 15) is 4.39 Å². The highest BCUT2D eigenvalue weighted by Gasteiger charge is 2.21. The molecule has 1 atom stereocenters. The molecule has 1 unspecified atom stereocenters. The number of anilines is 1. The Labute approximate surface area is 139 Å². The van der Waals surface area contributed by atoms with Gasteiger partial charge < -0.3 is 15.0 Å². The van der Waals surface area contributed by atoms with Crippen LogP contribution in [0.1, 0.15) is 37.7 Å². The molecule has 2 aliphatic heterocycles. The van der Waals surface area contributed by atoms with E-state index in [1.807, 2.05) is 13.0 Å². The van der Waals surface area contributed by atoms with Crippen LogP contribution in [0.2, 0.25) is 0 Å². The number of nitrogens with one attached hydrogen (secondary N) is 1. The van der Waals surface area contributed by atoms with Crippen molar-refractivity contribution in [3.8, 4) is 0 Å². The Bertz CT molecular complexity index is 494. The van der Waals surface area contributed by atoms with Crippen molar-refractivity contribution in [2.24, 2.45) is 5.92 Å². The lowest BCUT2D eigenvalue weighted by atomic mass is 9.98. The van der Waals surface area contributed by atoms with E-state index in [2.05, 4.69) is 10.2 Å². The first kappa shape index (κ1) is 16.7. The summed E-state index contributed by atoms with van der Waals surface area (Å²) in [5.74, 6) is 0.604. The molecule has 1 N–H and O–H groups in total. The van der Waals surface area contributed by atoms with Gasteiger partial charge in [-0.15, -0.1) is 0 Å². The Kier molecular flexibility index (Phi) is 5.90. The lowest BCUT2D eigenvalue weighted by Gasteiger charge is -2.35. The minimum absolute atomic E-state index is 0.144. The van der Waals surface area contributed by atoms with Gasteiger partial charge in [0.1, 0.15) is 5.82 Å². The van der Waals surface area contributed by atoms with Crippen LogP contribution in [0.3, 0.4) is 0 Å². The quantitative estimate of drug-likeness (QED) is 0.898. The van der Waals surface area contributed by atoms with Crippen molar-refractivity contribution >= 4 is 5.69 Å². The summed E-state index contributed by atoms with van der Waals surface area (Å²) in [6.07, 6.45) is 6.11. The van der Waals surface area contributed by atoms with Crippen LogP contribution in [-0.2, 0) is 4.74 Å². The first-order chi connectivity index (χ1) is 11.2. The van der Waals surface area contributed by atoms with Gasteiger partial charge in [0.25, 0.3) is 0 Å². The van der Waals surface area contributed by atoms with Gasteiger partial charge in [0.15, 0.2) is 0 Å².